The molecule has 0 aromatic heterocycles. The Balaban J connectivity index is 2.22. The Hall–Kier alpha value is -2.37. The number of nitrogens with one attached hydrogen (secondary N) is 1. The Morgan fingerprint density at radius 2 is 2.14 bits per heavy atom. The molecular formula is C15H18N2O4. The summed E-state index contributed by atoms with van der Waals surface area (Å²) in [6.45, 7) is 4.07. The predicted molar refractivity (Wildman–Crippen MR) is 77.6 cm³/mol. The molecule has 1 heterocycles. The largest absolute Gasteiger partial charge is 0.482 e. The molecule has 0 spiro atoms. The van der Waals surface area contributed by atoms with E-state index in [0.717, 1.165) is 0 Å². The van der Waals surface area contributed by atoms with Gasteiger partial charge in [0.15, 0.2) is 12.4 Å². The smallest absolute Gasteiger partial charge is 0.265 e. The SMILES string of the molecule is CCNC(=O)CCN1C(=O)COc2ccc(C(C)=O)cc21. The molecule has 6 heteroatoms. The predicted octanol–water partition coefficient (Wildman–Crippen LogP) is 1.14. The van der Waals surface area contributed by atoms with Crippen LogP contribution in [0, 0.1) is 0 Å². The molecule has 1 N–H and O–H groups in total. The van der Waals surface area contributed by atoms with Crippen LogP contribution in [-0.4, -0.2) is 37.3 Å². The normalized spacial score (nSPS) is 13.4. The van der Waals surface area contributed by atoms with Crippen molar-refractivity contribution in [1.82, 2.24) is 5.32 Å². The van der Waals surface area contributed by atoms with E-state index in [9.17, 15) is 14.4 Å². The minimum atomic E-state index is -0.215. The number of hydrogen-bond donors (Lipinski definition) is 1. The van der Waals surface area contributed by atoms with Crippen molar-refractivity contribution in [2.75, 3.05) is 24.6 Å². The fourth-order valence-corrected chi connectivity index (χ4v) is 2.17. The molecule has 2 rings (SSSR count). The molecule has 2 amide bonds. The second-order valence-corrected chi connectivity index (χ2v) is 4.78. The summed E-state index contributed by atoms with van der Waals surface area (Å²) >= 11 is 0. The molecule has 1 aromatic carbocycles. The van der Waals surface area contributed by atoms with Gasteiger partial charge in [-0.15, -0.1) is 0 Å². The molecule has 0 radical (unpaired) electrons. The van der Waals surface area contributed by atoms with E-state index in [2.05, 4.69) is 5.32 Å². The Labute approximate surface area is 123 Å². The summed E-state index contributed by atoms with van der Waals surface area (Å²) in [6.07, 6.45) is 0.212. The van der Waals surface area contributed by atoms with E-state index >= 15 is 0 Å². The summed E-state index contributed by atoms with van der Waals surface area (Å²) in [5.41, 5.74) is 1.05. The lowest BCUT2D eigenvalue weighted by Gasteiger charge is -2.29. The van der Waals surface area contributed by atoms with Crippen molar-refractivity contribution in [3.8, 4) is 5.75 Å². The first-order chi connectivity index (χ1) is 10.0. The van der Waals surface area contributed by atoms with E-state index in [4.69, 9.17) is 4.74 Å². The van der Waals surface area contributed by atoms with Crippen LogP contribution < -0.4 is 15.0 Å². The molecule has 1 aliphatic heterocycles. The van der Waals surface area contributed by atoms with Crippen molar-refractivity contribution in [3.05, 3.63) is 23.8 Å². The number of nitrogens with zero attached hydrogens (tertiary/aromatic N) is 1. The van der Waals surface area contributed by atoms with E-state index in [1.165, 1.54) is 11.8 Å². The molecule has 1 aromatic rings. The zero-order valence-electron chi connectivity index (χ0n) is 12.1. The Bertz CT molecular complexity index is 583. The van der Waals surface area contributed by atoms with Crippen LogP contribution in [0.2, 0.25) is 0 Å². The number of carbonyl (C=O) groups is 3. The Morgan fingerprint density at radius 1 is 1.38 bits per heavy atom. The summed E-state index contributed by atoms with van der Waals surface area (Å²) in [5, 5.41) is 2.69. The van der Waals surface area contributed by atoms with Crippen LogP contribution >= 0.6 is 0 Å². The number of Topliss-reactive ketones (excluding diaryl/α,β-unsaturated/α-hetero) is 1. The third kappa shape index (κ3) is 3.39. The zero-order chi connectivity index (χ0) is 15.4. The van der Waals surface area contributed by atoms with Crippen LogP contribution in [0.4, 0.5) is 5.69 Å². The van der Waals surface area contributed by atoms with Crippen molar-refractivity contribution < 1.29 is 19.1 Å². The van der Waals surface area contributed by atoms with Gasteiger partial charge in [-0.2, -0.15) is 0 Å². The number of carbonyl (C=O) groups excluding carboxylic acids is 3. The van der Waals surface area contributed by atoms with E-state index in [1.54, 1.807) is 18.2 Å². The van der Waals surface area contributed by atoms with Crippen molar-refractivity contribution in [3.63, 3.8) is 0 Å². The molecule has 21 heavy (non-hydrogen) atoms. The third-order valence-electron chi connectivity index (χ3n) is 3.24. The summed E-state index contributed by atoms with van der Waals surface area (Å²) in [5.74, 6) is 0.142. The van der Waals surface area contributed by atoms with E-state index in [0.29, 0.717) is 23.5 Å². The minimum Gasteiger partial charge on any atom is -0.482 e. The summed E-state index contributed by atoms with van der Waals surface area (Å²) in [7, 11) is 0. The molecule has 0 unspecified atom stereocenters. The summed E-state index contributed by atoms with van der Waals surface area (Å²) < 4.78 is 5.35. The lowest BCUT2D eigenvalue weighted by Crippen LogP contribution is -2.41. The first-order valence-corrected chi connectivity index (χ1v) is 6.87. The molecule has 0 fully saturated rings. The number of amides is 2. The van der Waals surface area contributed by atoms with Crippen molar-refractivity contribution >= 4 is 23.3 Å². The molecule has 0 saturated heterocycles. The van der Waals surface area contributed by atoms with E-state index in [-0.39, 0.29) is 37.2 Å². The number of fused-ring (bicyclic) bond motifs is 1. The van der Waals surface area contributed by atoms with Crippen molar-refractivity contribution in [2.24, 2.45) is 0 Å². The number of rotatable bonds is 5. The van der Waals surface area contributed by atoms with Gasteiger partial charge in [-0.25, -0.2) is 0 Å². The van der Waals surface area contributed by atoms with Gasteiger partial charge in [0.25, 0.3) is 5.91 Å². The molecule has 0 atom stereocenters. The number of benzene rings is 1. The maximum Gasteiger partial charge on any atom is 0.265 e. The van der Waals surface area contributed by atoms with Crippen LogP contribution in [-0.2, 0) is 9.59 Å². The van der Waals surface area contributed by atoms with Crippen LogP contribution in [0.5, 0.6) is 5.75 Å². The van der Waals surface area contributed by atoms with Crippen LogP contribution in [0.15, 0.2) is 18.2 Å². The second kappa shape index (κ2) is 6.39. The van der Waals surface area contributed by atoms with Gasteiger partial charge >= 0.3 is 0 Å². The van der Waals surface area contributed by atoms with Gasteiger partial charge in [0, 0.05) is 25.1 Å². The molecule has 0 bridgehead atoms. The number of hydrogen-bond acceptors (Lipinski definition) is 4. The highest BCUT2D eigenvalue weighted by Gasteiger charge is 2.26. The molecule has 1 aliphatic rings. The van der Waals surface area contributed by atoms with Gasteiger partial charge in [-0.1, -0.05) is 0 Å². The second-order valence-electron chi connectivity index (χ2n) is 4.78. The monoisotopic (exact) mass is 290 g/mol. The summed E-state index contributed by atoms with van der Waals surface area (Å²) in [4.78, 5) is 36.5. The van der Waals surface area contributed by atoms with Gasteiger partial charge < -0.3 is 15.0 Å². The molecule has 0 aliphatic carbocycles. The number of anilines is 1. The van der Waals surface area contributed by atoms with Gasteiger partial charge in [0.05, 0.1) is 5.69 Å². The maximum atomic E-state index is 12.0. The first-order valence-electron chi connectivity index (χ1n) is 6.87. The molecular weight excluding hydrogens is 272 g/mol. The van der Waals surface area contributed by atoms with Gasteiger partial charge in [0.2, 0.25) is 5.91 Å². The lowest BCUT2D eigenvalue weighted by atomic mass is 10.1. The standard InChI is InChI=1S/C15H18N2O4/c1-3-16-14(19)6-7-17-12-8-11(10(2)18)4-5-13(12)21-9-15(17)20/h4-5,8H,3,6-7,9H2,1-2H3,(H,16,19). The Kier molecular flexibility index (Phi) is 4.57. The topological polar surface area (TPSA) is 75.7 Å². The molecule has 0 saturated carbocycles. The minimum absolute atomic E-state index is 0.0538. The summed E-state index contributed by atoms with van der Waals surface area (Å²) in [6, 6.07) is 4.98. The highest BCUT2D eigenvalue weighted by atomic mass is 16.5. The highest BCUT2D eigenvalue weighted by molar-refractivity contribution is 6.01. The maximum absolute atomic E-state index is 12.0. The van der Waals surface area contributed by atoms with Crippen molar-refractivity contribution in [2.45, 2.75) is 20.3 Å². The van der Waals surface area contributed by atoms with Crippen LogP contribution in [0.25, 0.3) is 0 Å². The lowest BCUT2D eigenvalue weighted by molar-refractivity contribution is -0.122. The highest BCUT2D eigenvalue weighted by Crippen LogP contribution is 2.33. The van der Waals surface area contributed by atoms with Gasteiger partial charge in [-0.3, -0.25) is 14.4 Å². The number of ether oxygens (including phenoxy) is 1. The fraction of sp³-hybridized carbons (Fsp3) is 0.400. The average molecular weight is 290 g/mol. The molecule has 6 nitrogen and oxygen atoms in total. The zero-order valence-corrected chi connectivity index (χ0v) is 12.1. The van der Waals surface area contributed by atoms with E-state index in [1.807, 2.05) is 6.92 Å². The number of ketones is 1. The van der Waals surface area contributed by atoms with Gasteiger partial charge in [0.1, 0.15) is 5.75 Å². The van der Waals surface area contributed by atoms with Crippen LogP contribution in [0.3, 0.4) is 0 Å². The third-order valence-corrected chi connectivity index (χ3v) is 3.24. The Morgan fingerprint density at radius 3 is 2.81 bits per heavy atom. The van der Waals surface area contributed by atoms with Gasteiger partial charge in [-0.05, 0) is 32.0 Å². The first kappa shape index (κ1) is 15.0. The average Bonchev–Trinajstić information content (AvgIpc) is 2.45. The van der Waals surface area contributed by atoms with E-state index < -0.39 is 0 Å². The van der Waals surface area contributed by atoms with Crippen molar-refractivity contribution in [1.29, 1.82) is 0 Å². The quantitative estimate of drug-likeness (QED) is 0.825. The molecule has 112 valence electrons. The fourth-order valence-electron chi connectivity index (χ4n) is 2.17. The van der Waals surface area contributed by atoms with Crippen LogP contribution in [0.1, 0.15) is 30.6 Å².